The summed E-state index contributed by atoms with van der Waals surface area (Å²) in [5.41, 5.74) is 6.97. The Morgan fingerprint density at radius 2 is 1.66 bits per heavy atom. The second kappa shape index (κ2) is 11.6. The van der Waals surface area contributed by atoms with Gasteiger partial charge < -0.3 is 20.4 Å². The largest absolute Gasteiger partial charge is 0.456 e. The number of amides is 2. The van der Waals surface area contributed by atoms with Crippen molar-refractivity contribution in [2.24, 2.45) is 5.73 Å². The zero-order valence-corrected chi connectivity index (χ0v) is 21.8. The lowest BCUT2D eigenvalue weighted by Gasteiger charge is -2.33. The number of nitrogen functional groups attached to an aromatic ring is 1. The molecule has 200 valence electrons. The maximum atomic E-state index is 14.0. The van der Waals surface area contributed by atoms with Crippen LogP contribution < -0.4 is 15.8 Å². The van der Waals surface area contributed by atoms with Crippen LogP contribution in [0.2, 0.25) is 0 Å². The van der Waals surface area contributed by atoms with Gasteiger partial charge in [0.2, 0.25) is 21.8 Å². The summed E-state index contributed by atoms with van der Waals surface area (Å²) < 4.78 is 32.9. The van der Waals surface area contributed by atoms with E-state index in [-0.39, 0.29) is 24.0 Å². The first kappa shape index (κ1) is 27.1. The van der Waals surface area contributed by atoms with Crippen LogP contribution in [0.5, 0.6) is 0 Å². The van der Waals surface area contributed by atoms with Crippen molar-refractivity contribution in [3.63, 3.8) is 0 Å². The van der Waals surface area contributed by atoms with E-state index >= 15 is 0 Å². The van der Waals surface area contributed by atoms with E-state index in [4.69, 9.17) is 15.6 Å². The van der Waals surface area contributed by atoms with E-state index in [0.717, 1.165) is 17.4 Å². The first-order chi connectivity index (χ1) is 18.1. The molecule has 11 heteroatoms. The highest BCUT2D eigenvalue weighted by Crippen LogP contribution is 2.31. The summed E-state index contributed by atoms with van der Waals surface area (Å²) >= 11 is 0. The van der Waals surface area contributed by atoms with Gasteiger partial charge in [0, 0.05) is 12.5 Å². The van der Waals surface area contributed by atoms with Gasteiger partial charge in [-0.1, -0.05) is 60.7 Å². The van der Waals surface area contributed by atoms with Gasteiger partial charge in [-0.05, 0) is 36.1 Å². The number of carbonyl (C=O) groups is 2. The molecule has 38 heavy (non-hydrogen) atoms. The van der Waals surface area contributed by atoms with E-state index in [2.05, 4.69) is 10.0 Å². The van der Waals surface area contributed by atoms with Crippen LogP contribution in [0.3, 0.4) is 0 Å². The van der Waals surface area contributed by atoms with Crippen LogP contribution in [0, 0.1) is 5.41 Å². The lowest BCUT2D eigenvalue weighted by molar-refractivity contribution is -0.140. The number of carbonyl (C=O) groups excluding carboxylic acids is 2. The quantitative estimate of drug-likeness (QED) is 0.228. The molecule has 1 aromatic heterocycles. The smallest absolute Gasteiger partial charge is 0.243 e. The van der Waals surface area contributed by atoms with E-state index in [0.29, 0.717) is 25.1 Å². The minimum absolute atomic E-state index is 0.0618. The van der Waals surface area contributed by atoms with Gasteiger partial charge in [-0.2, -0.15) is 0 Å². The summed E-state index contributed by atoms with van der Waals surface area (Å²) in [5, 5.41) is 10.2. The topological polar surface area (TPSA) is 159 Å². The Morgan fingerprint density at radius 3 is 2.18 bits per heavy atom. The number of likely N-dealkylation sites (tertiary alicyclic amines) is 1. The molecule has 1 fully saturated rings. The molecule has 4 rings (SSSR count). The fourth-order valence-corrected chi connectivity index (χ4v) is 5.48. The Morgan fingerprint density at radius 1 is 1.05 bits per heavy atom. The molecule has 1 aliphatic heterocycles. The molecule has 3 aromatic rings. The monoisotopic (exact) mass is 537 g/mol. The van der Waals surface area contributed by atoms with Crippen molar-refractivity contribution in [2.75, 3.05) is 12.8 Å². The third kappa shape index (κ3) is 6.48. The molecule has 0 aliphatic carbocycles. The van der Waals surface area contributed by atoms with Gasteiger partial charge in [0.15, 0.2) is 11.6 Å². The predicted octanol–water partition coefficient (Wildman–Crippen LogP) is 1.92. The standard InChI is InChI=1S/C27H31N5O5S/c1-38(35,36)31-24(23(18-9-4-2-5-10-18)19-11-6-3-7-12-19)27(34)32-16-8-13-21(32)26(33)30-17-20-14-15-22(37-20)25(28)29/h2-7,9-12,14-15,21,23-24,31H,8,13,16-17H2,1H3,(H3,28,29)(H,30,33)/t21-,24+/m0/s1. The summed E-state index contributed by atoms with van der Waals surface area (Å²) in [6.07, 6.45) is 2.07. The zero-order chi connectivity index (χ0) is 27.3. The van der Waals surface area contributed by atoms with Crippen molar-refractivity contribution >= 4 is 27.7 Å². The summed E-state index contributed by atoms with van der Waals surface area (Å²) in [7, 11) is -3.79. The average Bonchev–Trinajstić information content (AvgIpc) is 3.57. The number of amidine groups is 1. The minimum Gasteiger partial charge on any atom is -0.456 e. The molecular weight excluding hydrogens is 506 g/mol. The summed E-state index contributed by atoms with van der Waals surface area (Å²) in [5.74, 6) is -1.05. The molecule has 1 aliphatic rings. The first-order valence-corrected chi connectivity index (χ1v) is 14.1. The third-order valence-corrected chi connectivity index (χ3v) is 7.14. The number of nitrogens with two attached hydrogens (primary N) is 1. The molecule has 0 unspecified atom stereocenters. The fraction of sp³-hybridized carbons (Fsp3) is 0.296. The number of nitrogens with zero attached hydrogens (tertiary/aromatic N) is 1. The molecule has 2 heterocycles. The molecule has 10 nitrogen and oxygen atoms in total. The summed E-state index contributed by atoms with van der Waals surface area (Å²) in [6.45, 7) is 0.386. The highest BCUT2D eigenvalue weighted by Gasteiger charge is 2.41. The minimum atomic E-state index is -3.79. The molecule has 2 amide bonds. The van der Waals surface area contributed by atoms with Crippen LogP contribution in [0.4, 0.5) is 0 Å². The molecular formula is C27H31N5O5S. The number of hydrogen-bond acceptors (Lipinski definition) is 6. The zero-order valence-electron chi connectivity index (χ0n) is 21.0. The van der Waals surface area contributed by atoms with Gasteiger partial charge in [-0.25, -0.2) is 13.1 Å². The Bertz CT molecular complexity index is 1350. The van der Waals surface area contributed by atoms with Crippen LogP contribution in [0.1, 0.15) is 41.4 Å². The van der Waals surface area contributed by atoms with Gasteiger partial charge in [0.25, 0.3) is 0 Å². The predicted molar refractivity (Wildman–Crippen MR) is 143 cm³/mol. The maximum absolute atomic E-state index is 14.0. The van der Waals surface area contributed by atoms with Crippen LogP contribution >= 0.6 is 0 Å². The van der Waals surface area contributed by atoms with Crippen LogP contribution in [0.25, 0.3) is 0 Å². The van der Waals surface area contributed by atoms with E-state index in [1.165, 1.54) is 4.90 Å². The summed E-state index contributed by atoms with van der Waals surface area (Å²) in [6, 6.07) is 19.7. The molecule has 5 N–H and O–H groups in total. The Hall–Kier alpha value is -3.96. The molecule has 0 saturated carbocycles. The average molecular weight is 538 g/mol. The number of nitrogens with one attached hydrogen (secondary N) is 3. The molecule has 1 saturated heterocycles. The second-order valence-corrected chi connectivity index (χ2v) is 11.0. The number of rotatable bonds is 10. The van der Waals surface area contributed by atoms with E-state index in [1.807, 2.05) is 60.7 Å². The van der Waals surface area contributed by atoms with E-state index < -0.39 is 33.9 Å². The van der Waals surface area contributed by atoms with Gasteiger partial charge in [0.05, 0.1) is 12.8 Å². The number of sulfonamides is 1. The number of furan rings is 1. The SMILES string of the molecule is CS(=O)(=O)N[C@@H](C(=O)N1CCC[C@H]1C(=O)NCc1ccc(C(=N)N)o1)C(c1ccccc1)c1ccccc1. The van der Waals surface area contributed by atoms with Gasteiger partial charge in [-0.15, -0.1) is 0 Å². The highest BCUT2D eigenvalue weighted by atomic mass is 32.2. The van der Waals surface area contributed by atoms with Crippen LogP contribution in [0.15, 0.2) is 77.2 Å². The molecule has 0 radical (unpaired) electrons. The molecule has 2 atom stereocenters. The van der Waals surface area contributed by atoms with Crippen molar-refractivity contribution in [1.29, 1.82) is 5.41 Å². The highest BCUT2D eigenvalue weighted by molar-refractivity contribution is 7.88. The normalized spacial score (nSPS) is 16.4. The fourth-order valence-electron chi connectivity index (χ4n) is 4.78. The van der Waals surface area contributed by atoms with Crippen molar-refractivity contribution in [3.05, 3.63) is 95.4 Å². The lowest BCUT2D eigenvalue weighted by atomic mass is 9.84. The van der Waals surface area contributed by atoms with E-state index in [1.54, 1.807) is 12.1 Å². The molecule has 0 spiro atoms. The molecule has 2 aromatic carbocycles. The molecule has 0 bridgehead atoms. The van der Waals surface area contributed by atoms with Crippen LogP contribution in [-0.4, -0.2) is 55.9 Å². The van der Waals surface area contributed by atoms with Crippen molar-refractivity contribution < 1.29 is 22.4 Å². The maximum Gasteiger partial charge on any atom is 0.243 e. The van der Waals surface area contributed by atoms with Crippen molar-refractivity contribution in [1.82, 2.24) is 14.9 Å². The van der Waals surface area contributed by atoms with Crippen molar-refractivity contribution in [3.8, 4) is 0 Å². The Balaban J connectivity index is 1.61. The number of benzene rings is 2. The van der Waals surface area contributed by atoms with Gasteiger partial charge in [-0.3, -0.25) is 15.0 Å². The Labute approximate surface area is 221 Å². The van der Waals surface area contributed by atoms with Crippen LogP contribution in [-0.2, 0) is 26.2 Å². The Kier molecular flexibility index (Phi) is 8.28. The van der Waals surface area contributed by atoms with Crippen molar-refractivity contribution in [2.45, 2.75) is 37.4 Å². The summed E-state index contributed by atoms with van der Waals surface area (Å²) in [4.78, 5) is 28.6. The second-order valence-electron chi connectivity index (χ2n) is 9.25. The first-order valence-electron chi connectivity index (χ1n) is 12.2. The van der Waals surface area contributed by atoms with Gasteiger partial charge >= 0.3 is 0 Å². The number of hydrogen-bond donors (Lipinski definition) is 4. The lowest BCUT2D eigenvalue weighted by Crippen LogP contribution is -2.55. The van der Waals surface area contributed by atoms with E-state index in [9.17, 15) is 18.0 Å². The van der Waals surface area contributed by atoms with Gasteiger partial charge in [0.1, 0.15) is 17.8 Å². The third-order valence-electron chi connectivity index (χ3n) is 6.46.